The molecule has 3 rings (SSSR count). The highest BCUT2D eigenvalue weighted by Crippen LogP contribution is 2.28. The van der Waals surface area contributed by atoms with Crippen molar-refractivity contribution < 1.29 is 43.0 Å². The Hall–Kier alpha value is -4.79. The molecular weight excluding hydrogens is 757 g/mol. The van der Waals surface area contributed by atoms with E-state index in [9.17, 15) is 28.8 Å². The normalized spacial score (nSPS) is 17.5. The van der Waals surface area contributed by atoms with Crippen LogP contribution < -0.4 is 27.0 Å². The van der Waals surface area contributed by atoms with E-state index in [0.717, 1.165) is 36.6 Å². The summed E-state index contributed by atoms with van der Waals surface area (Å²) >= 11 is 0. The molecule has 0 saturated heterocycles. The van der Waals surface area contributed by atoms with E-state index in [1.807, 2.05) is 36.4 Å². The third-order valence-electron chi connectivity index (χ3n) is 9.52. The SMILES string of the molecule is CC(C)(C)OC(=O)CC[C@H](NC(=O)N[C@@H](CCCCNC(=O)[C@H](Cc1ccc2ccccc2n1)NC(=O)C1CCC(CN)CC1)C(=O)OC(C)(C)C)C(=O)OC(C)(C)C. The smallest absolute Gasteiger partial charge is 0.329 e. The zero-order valence-electron chi connectivity index (χ0n) is 36.5. The molecule has 59 heavy (non-hydrogen) atoms. The van der Waals surface area contributed by atoms with Crippen LogP contribution in [0.25, 0.3) is 10.9 Å². The Morgan fingerprint density at radius 2 is 1.29 bits per heavy atom. The molecule has 1 aliphatic rings. The first-order valence-electron chi connectivity index (χ1n) is 20.9. The van der Waals surface area contributed by atoms with Crippen LogP contribution in [0.5, 0.6) is 0 Å². The number of nitrogens with two attached hydrogens (primary N) is 1. The van der Waals surface area contributed by atoms with Crippen LogP contribution in [0.15, 0.2) is 36.4 Å². The van der Waals surface area contributed by atoms with Gasteiger partial charge in [0.2, 0.25) is 11.8 Å². The molecule has 15 nitrogen and oxygen atoms in total. The number of rotatable bonds is 18. The highest BCUT2D eigenvalue weighted by atomic mass is 16.6. The quantitative estimate of drug-likeness (QED) is 0.0752. The number of aromatic nitrogens is 1. The van der Waals surface area contributed by atoms with E-state index in [0.29, 0.717) is 31.0 Å². The predicted molar refractivity (Wildman–Crippen MR) is 225 cm³/mol. The number of nitrogens with zero attached hydrogens (tertiary/aromatic N) is 1. The third kappa shape index (κ3) is 18.3. The molecule has 1 aliphatic carbocycles. The number of hydrogen-bond donors (Lipinski definition) is 5. The van der Waals surface area contributed by atoms with Gasteiger partial charge in [0, 0.05) is 36.4 Å². The number of amides is 4. The fourth-order valence-corrected chi connectivity index (χ4v) is 6.66. The Balaban J connectivity index is 1.65. The second kappa shape index (κ2) is 22.0. The fourth-order valence-electron chi connectivity index (χ4n) is 6.66. The summed E-state index contributed by atoms with van der Waals surface area (Å²) in [5, 5.41) is 12.1. The minimum Gasteiger partial charge on any atom is -0.460 e. The lowest BCUT2D eigenvalue weighted by molar-refractivity contribution is -0.159. The van der Waals surface area contributed by atoms with Crippen molar-refractivity contribution >= 4 is 46.7 Å². The first kappa shape index (κ1) is 48.6. The summed E-state index contributed by atoms with van der Waals surface area (Å²) in [5.74, 6) is -2.28. The second-order valence-electron chi connectivity index (χ2n) is 18.4. The molecule has 2 aromatic rings. The molecule has 6 N–H and O–H groups in total. The first-order valence-corrected chi connectivity index (χ1v) is 20.9. The number of nitrogens with one attached hydrogen (secondary N) is 4. The molecule has 1 saturated carbocycles. The summed E-state index contributed by atoms with van der Waals surface area (Å²) in [6.45, 7) is 16.2. The number of esters is 3. The minimum absolute atomic E-state index is 0.0954. The van der Waals surface area contributed by atoms with Gasteiger partial charge in [0.05, 0.1) is 5.52 Å². The summed E-state index contributed by atoms with van der Waals surface area (Å²) in [7, 11) is 0. The molecule has 328 valence electrons. The predicted octanol–water partition coefficient (Wildman–Crippen LogP) is 5.16. The van der Waals surface area contributed by atoms with E-state index in [1.165, 1.54) is 0 Å². The number of unbranched alkanes of at least 4 members (excludes halogenated alkanes) is 1. The highest BCUT2D eigenvalue weighted by molar-refractivity contribution is 5.89. The zero-order valence-corrected chi connectivity index (χ0v) is 36.5. The van der Waals surface area contributed by atoms with Crippen molar-refractivity contribution in [1.82, 2.24) is 26.3 Å². The Labute approximate surface area is 349 Å². The third-order valence-corrected chi connectivity index (χ3v) is 9.52. The van der Waals surface area contributed by atoms with E-state index in [-0.39, 0.29) is 50.0 Å². The lowest BCUT2D eigenvalue weighted by atomic mass is 9.81. The van der Waals surface area contributed by atoms with Gasteiger partial charge in [0.15, 0.2) is 0 Å². The van der Waals surface area contributed by atoms with E-state index in [1.54, 1.807) is 62.3 Å². The standard InChI is InChI=1S/C44H68N6O9/c1-42(2,3)57-36(51)24-23-34(40(55)59-44(7,8)9)50-41(56)49-33(39(54)58-43(4,5)6)16-12-13-25-46-38(53)35(48-37(52)30-19-17-28(27-45)18-20-30)26-31-22-21-29-14-10-11-15-32(29)47-31/h10-11,14-15,21-22,28,30,33-35H,12-13,16-20,23-27,45H2,1-9H3,(H,46,53)(H,48,52)(H2,49,50,56)/t28?,30?,33-,34-,35-/m0/s1. The van der Waals surface area contributed by atoms with Crippen molar-refractivity contribution in [1.29, 1.82) is 0 Å². The molecule has 4 amide bonds. The van der Waals surface area contributed by atoms with Crippen molar-refractivity contribution in [2.45, 2.75) is 161 Å². The number of urea groups is 1. The summed E-state index contributed by atoms with van der Waals surface area (Å²) in [6.07, 6.45) is 4.10. The van der Waals surface area contributed by atoms with Gasteiger partial charge in [0.1, 0.15) is 34.9 Å². The van der Waals surface area contributed by atoms with Gasteiger partial charge >= 0.3 is 23.9 Å². The molecule has 1 aromatic carbocycles. The van der Waals surface area contributed by atoms with Crippen LogP contribution in [0, 0.1) is 11.8 Å². The molecular formula is C44H68N6O9. The van der Waals surface area contributed by atoms with Gasteiger partial charge in [-0.15, -0.1) is 0 Å². The lowest BCUT2D eigenvalue weighted by Crippen LogP contribution is -2.53. The van der Waals surface area contributed by atoms with Crippen molar-refractivity contribution in [3.8, 4) is 0 Å². The zero-order chi connectivity index (χ0) is 44.0. The Kier molecular flexibility index (Phi) is 18.1. The van der Waals surface area contributed by atoms with Crippen LogP contribution >= 0.6 is 0 Å². The summed E-state index contributed by atoms with van der Waals surface area (Å²) in [5.41, 5.74) is 4.87. The van der Waals surface area contributed by atoms with E-state index < -0.39 is 58.9 Å². The Bertz CT molecular complexity index is 1740. The number of ether oxygens (including phenoxy) is 3. The van der Waals surface area contributed by atoms with Gasteiger partial charge in [-0.05, 0) is 138 Å². The minimum atomic E-state index is -1.21. The number of para-hydroxylation sites is 1. The lowest BCUT2D eigenvalue weighted by Gasteiger charge is -2.28. The number of fused-ring (bicyclic) bond motifs is 1. The van der Waals surface area contributed by atoms with Gasteiger partial charge in [0.25, 0.3) is 0 Å². The summed E-state index contributed by atoms with van der Waals surface area (Å²) in [4.78, 5) is 84.0. The van der Waals surface area contributed by atoms with E-state index in [2.05, 4.69) is 21.3 Å². The number of carbonyl (C=O) groups excluding carboxylic acids is 6. The first-order chi connectivity index (χ1) is 27.5. The average Bonchev–Trinajstić information content (AvgIpc) is 3.13. The topological polar surface area (TPSA) is 217 Å². The van der Waals surface area contributed by atoms with Crippen LogP contribution in [-0.2, 0) is 44.6 Å². The Morgan fingerprint density at radius 1 is 0.712 bits per heavy atom. The monoisotopic (exact) mass is 825 g/mol. The molecule has 1 fully saturated rings. The van der Waals surface area contributed by atoms with Crippen LogP contribution in [0.1, 0.15) is 126 Å². The average molecular weight is 825 g/mol. The molecule has 0 spiro atoms. The highest BCUT2D eigenvalue weighted by Gasteiger charge is 2.32. The number of hydrogen-bond acceptors (Lipinski definition) is 11. The van der Waals surface area contributed by atoms with Crippen molar-refractivity contribution in [3.05, 3.63) is 42.1 Å². The summed E-state index contributed by atoms with van der Waals surface area (Å²) < 4.78 is 16.5. The molecule has 15 heteroatoms. The van der Waals surface area contributed by atoms with Crippen molar-refractivity contribution in [2.75, 3.05) is 13.1 Å². The fraction of sp³-hybridized carbons (Fsp3) is 0.659. The molecule has 0 unspecified atom stereocenters. The van der Waals surface area contributed by atoms with Crippen LogP contribution in [0.4, 0.5) is 4.79 Å². The molecule has 0 bridgehead atoms. The van der Waals surface area contributed by atoms with Crippen LogP contribution in [0.2, 0.25) is 0 Å². The van der Waals surface area contributed by atoms with E-state index >= 15 is 0 Å². The number of benzene rings is 1. The maximum Gasteiger partial charge on any atom is 0.329 e. The van der Waals surface area contributed by atoms with Crippen molar-refractivity contribution in [2.24, 2.45) is 17.6 Å². The second-order valence-corrected chi connectivity index (χ2v) is 18.4. The number of pyridine rings is 1. The van der Waals surface area contributed by atoms with Crippen LogP contribution in [0.3, 0.4) is 0 Å². The largest absolute Gasteiger partial charge is 0.460 e. The molecule has 1 heterocycles. The van der Waals surface area contributed by atoms with Gasteiger partial charge in [-0.1, -0.05) is 24.3 Å². The van der Waals surface area contributed by atoms with Gasteiger partial charge in [-0.3, -0.25) is 19.4 Å². The molecule has 3 atom stereocenters. The van der Waals surface area contributed by atoms with Gasteiger partial charge in [-0.25, -0.2) is 14.4 Å². The van der Waals surface area contributed by atoms with Crippen molar-refractivity contribution in [3.63, 3.8) is 0 Å². The maximum atomic E-state index is 13.7. The molecule has 1 aromatic heterocycles. The van der Waals surface area contributed by atoms with Gasteiger partial charge < -0.3 is 41.2 Å². The molecule has 0 aliphatic heterocycles. The van der Waals surface area contributed by atoms with Crippen LogP contribution in [-0.4, -0.2) is 88.8 Å². The molecule has 0 radical (unpaired) electrons. The summed E-state index contributed by atoms with van der Waals surface area (Å²) in [6, 6.07) is 7.48. The number of carbonyl (C=O) groups is 6. The van der Waals surface area contributed by atoms with E-state index in [4.69, 9.17) is 24.9 Å². The Morgan fingerprint density at radius 3 is 1.86 bits per heavy atom. The van der Waals surface area contributed by atoms with Gasteiger partial charge in [-0.2, -0.15) is 0 Å². The maximum absolute atomic E-state index is 13.7.